The van der Waals surface area contributed by atoms with Gasteiger partial charge in [-0.1, -0.05) is 93.6 Å². The first-order chi connectivity index (χ1) is 44.4. The number of nitrogens with zero attached hydrogens (tertiary/aromatic N) is 4. The van der Waals surface area contributed by atoms with Crippen LogP contribution in [0, 0.1) is 48.5 Å². The molecular formula is C84H80N4O4+4. The second-order valence-electron chi connectivity index (χ2n) is 25.4. The number of benzene rings is 8. The molecule has 0 amide bonds. The van der Waals surface area contributed by atoms with Gasteiger partial charge in [0.15, 0.2) is 24.8 Å². The van der Waals surface area contributed by atoms with Crippen molar-refractivity contribution in [1.29, 1.82) is 0 Å². The Hall–Kier alpha value is -10.4. The highest BCUT2D eigenvalue weighted by atomic mass is 16.3. The third kappa shape index (κ3) is 11.5. The molecule has 0 aliphatic rings. The van der Waals surface area contributed by atoms with Gasteiger partial charge in [0, 0.05) is 89.6 Å². The lowest BCUT2D eigenvalue weighted by molar-refractivity contribution is -0.661. The summed E-state index contributed by atoms with van der Waals surface area (Å²) in [7, 11) is 8.41. The monoisotopic (exact) mass is 1210 g/mol. The molecule has 0 saturated heterocycles. The zero-order chi connectivity index (χ0) is 64.2. The first kappa shape index (κ1) is 60.5. The van der Waals surface area contributed by atoms with Gasteiger partial charge < -0.3 is 17.7 Å². The Morgan fingerprint density at radius 2 is 0.630 bits per heavy atom. The Bertz CT molecular complexity index is 5520. The summed E-state index contributed by atoms with van der Waals surface area (Å²) >= 11 is 0. The van der Waals surface area contributed by atoms with Crippen LogP contribution >= 0.6 is 0 Å². The van der Waals surface area contributed by atoms with Gasteiger partial charge in [0.05, 0.1) is 22.3 Å². The van der Waals surface area contributed by atoms with Crippen molar-refractivity contribution in [3.05, 3.63) is 263 Å². The normalized spacial score (nSPS) is 11.5. The molecule has 8 heteroatoms. The van der Waals surface area contributed by atoms with Crippen molar-refractivity contribution in [1.82, 2.24) is 0 Å². The molecule has 8 aromatic carbocycles. The Morgan fingerprint density at radius 3 is 0.989 bits per heavy atom. The largest absolute Gasteiger partial charge is 0.456 e. The Morgan fingerprint density at radius 1 is 0.293 bits per heavy atom. The third-order valence-corrected chi connectivity index (χ3v) is 18.4. The van der Waals surface area contributed by atoms with E-state index in [0.29, 0.717) is 5.92 Å². The first-order valence-electron chi connectivity index (χ1n) is 32.0. The summed E-state index contributed by atoms with van der Waals surface area (Å²) in [5.41, 5.74) is 28.9. The lowest BCUT2D eigenvalue weighted by atomic mass is 9.99. The minimum atomic E-state index is 0.532. The molecule has 0 unspecified atom stereocenters. The fraction of sp³-hybridized carbons (Fsp3) is 0.190. The summed E-state index contributed by atoms with van der Waals surface area (Å²) in [5, 5.41) is 9.48. The molecule has 16 rings (SSSR count). The summed E-state index contributed by atoms with van der Waals surface area (Å²) < 4.78 is 33.0. The van der Waals surface area contributed by atoms with Crippen molar-refractivity contribution in [2.24, 2.45) is 28.2 Å². The molecule has 92 heavy (non-hydrogen) atoms. The van der Waals surface area contributed by atoms with E-state index < -0.39 is 0 Å². The van der Waals surface area contributed by atoms with Crippen molar-refractivity contribution in [3.8, 4) is 45.0 Å². The number of aryl methyl sites for hydroxylation is 12. The topological polar surface area (TPSA) is 68.1 Å². The van der Waals surface area contributed by atoms with E-state index in [2.05, 4.69) is 280 Å². The number of pyridine rings is 4. The number of hydrogen-bond donors (Lipinski definition) is 0. The van der Waals surface area contributed by atoms with E-state index in [4.69, 9.17) is 17.7 Å². The molecule has 0 radical (unpaired) electrons. The lowest BCUT2D eigenvalue weighted by Gasteiger charge is -2.08. The van der Waals surface area contributed by atoms with Crippen molar-refractivity contribution in [2.45, 2.75) is 81.6 Å². The zero-order valence-electron chi connectivity index (χ0n) is 55.4. The lowest BCUT2D eigenvalue weighted by Crippen LogP contribution is -2.31. The number of fused-ring (bicyclic) bond motifs is 12. The van der Waals surface area contributed by atoms with Gasteiger partial charge in [-0.3, -0.25) is 0 Å². The van der Waals surface area contributed by atoms with Crippen LogP contribution in [0.3, 0.4) is 0 Å². The smallest absolute Gasteiger partial charge is 0.212 e. The van der Waals surface area contributed by atoms with E-state index in [-0.39, 0.29) is 0 Å². The van der Waals surface area contributed by atoms with Crippen LogP contribution in [-0.2, 0) is 34.6 Å². The molecule has 0 aliphatic carbocycles. The summed E-state index contributed by atoms with van der Waals surface area (Å²) in [5.74, 6) is 0.532. The van der Waals surface area contributed by atoms with Crippen molar-refractivity contribution in [2.75, 3.05) is 0 Å². The van der Waals surface area contributed by atoms with Gasteiger partial charge in [-0.15, -0.1) is 0 Å². The van der Waals surface area contributed by atoms with Crippen LogP contribution in [0.25, 0.3) is 133 Å². The molecule has 0 fully saturated rings. The molecule has 456 valence electrons. The molecule has 0 saturated carbocycles. The number of hydrogen-bond acceptors (Lipinski definition) is 4. The van der Waals surface area contributed by atoms with E-state index in [0.717, 1.165) is 51.1 Å². The second kappa shape index (κ2) is 24.7. The molecule has 0 aliphatic heterocycles. The Kier molecular flexibility index (Phi) is 16.3. The van der Waals surface area contributed by atoms with Crippen LogP contribution in [0.2, 0.25) is 0 Å². The van der Waals surface area contributed by atoms with Gasteiger partial charge in [0.25, 0.3) is 0 Å². The van der Waals surface area contributed by atoms with Crippen LogP contribution in [0.15, 0.2) is 231 Å². The minimum Gasteiger partial charge on any atom is -0.456 e. The van der Waals surface area contributed by atoms with Crippen LogP contribution in [-0.4, -0.2) is 0 Å². The van der Waals surface area contributed by atoms with Crippen molar-refractivity contribution in [3.63, 3.8) is 0 Å². The van der Waals surface area contributed by atoms with Gasteiger partial charge in [-0.25, -0.2) is 18.3 Å². The fourth-order valence-corrected chi connectivity index (χ4v) is 13.2. The summed E-state index contributed by atoms with van der Waals surface area (Å²) in [6, 6.07) is 66.0. The number of para-hydroxylation sites is 4. The number of aromatic nitrogens is 4. The standard InChI is InChI=1S/C22H22NO.2C21H20NO.C20H18NO/c1-14(2)16-9-10-20(23(4)13-16)18-12-22-19(11-15(18)3)17-7-5-6-8-21(17)24-22;1-13-10-19(22(4)12-15(13)3)17-11-21-18(9-14(17)2)16-7-5-6-8-20(16)23-21;1-4-15-9-10-19(22(3)13-15)17-12-21-18(11-14(17)2)16-7-5-6-8-20(16)23-21;1-13-8-9-18(21(3)12-13)16-11-20-17(10-14(16)2)15-6-4-5-7-19(15)22-20/h5-14H,1-4H3;5-12H,1-4H3;5-13H,4H2,1-3H3;4-12H,1-3H3/q4*+1. The maximum Gasteiger partial charge on any atom is 0.212 e. The molecule has 0 bridgehead atoms. The average molecular weight is 1210 g/mol. The molecular weight excluding hydrogens is 1130 g/mol. The zero-order valence-corrected chi connectivity index (χ0v) is 55.4. The van der Waals surface area contributed by atoms with Crippen LogP contribution in [0.1, 0.15) is 76.8 Å². The van der Waals surface area contributed by atoms with Gasteiger partial charge >= 0.3 is 0 Å². The predicted octanol–water partition coefficient (Wildman–Crippen LogP) is 20.2. The van der Waals surface area contributed by atoms with Gasteiger partial charge in [-0.05, 0) is 180 Å². The molecule has 8 aromatic heterocycles. The molecule has 16 aromatic rings. The van der Waals surface area contributed by atoms with Gasteiger partial charge in [0.1, 0.15) is 72.9 Å². The summed E-state index contributed by atoms with van der Waals surface area (Å²) in [6.07, 6.45) is 9.82. The molecule has 8 nitrogen and oxygen atoms in total. The Labute approximate surface area is 538 Å². The molecule has 0 spiro atoms. The average Bonchev–Trinajstić information content (AvgIpc) is 1.62. The van der Waals surface area contributed by atoms with E-state index in [1.54, 1.807) is 0 Å². The highest BCUT2D eigenvalue weighted by molar-refractivity contribution is 6.09. The Balaban J connectivity index is 0.000000112. The molecule has 0 N–H and O–H groups in total. The first-order valence-corrected chi connectivity index (χ1v) is 32.0. The summed E-state index contributed by atoms with van der Waals surface area (Å²) in [4.78, 5) is 0. The number of rotatable bonds is 6. The van der Waals surface area contributed by atoms with Crippen LogP contribution in [0.5, 0.6) is 0 Å². The third-order valence-electron chi connectivity index (χ3n) is 18.4. The highest BCUT2D eigenvalue weighted by Crippen LogP contribution is 2.38. The highest BCUT2D eigenvalue weighted by Gasteiger charge is 2.22. The second-order valence-corrected chi connectivity index (χ2v) is 25.4. The van der Waals surface area contributed by atoms with Gasteiger partial charge in [-0.2, -0.15) is 0 Å². The maximum absolute atomic E-state index is 6.06. The van der Waals surface area contributed by atoms with E-state index in [1.807, 2.05) is 48.5 Å². The quantitative estimate of drug-likeness (QED) is 0.156. The SMILES string of the molecule is CCc1ccc(-c2cc3oc4ccccc4c3cc2C)[n+](C)c1.Cc1cc(-c2cc3oc4ccccc4c3cc2C)[n+](C)cc1C.Cc1cc2c(cc1-c1ccc(C(C)C)c[n+]1C)oc1ccccc12.Cc1ccc(-c2cc3oc4ccccc4c3cc2C)[n+](C)c1. The van der Waals surface area contributed by atoms with Gasteiger partial charge in [0.2, 0.25) is 22.8 Å². The van der Waals surface area contributed by atoms with Crippen LogP contribution < -0.4 is 18.3 Å². The van der Waals surface area contributed by atoms with E-state index in [9.17, 15) is 0 Å². The molecule has 8 heterocycles. The van der Waals surface area contributed by atoms with E-state index >= 15 is 0 Å². The summed E-state index contributed by atoms with van der Waals surface area (Å²) in [6.45, 7) is 21.7. The van der Waals surface area contributed by atoms with Crippen molar-refractivity contribution >= 4 is 87.8 Å². The predicted molar refractivity (Wildman–Crippen MR) is 378 cm³/mol. The maximum atomic E-state index is 6.06. The number of furan rings is 4. The minimum absolute atomic E-state index is 0.532. The van der Waals surface area contributed by atoms with Crippen molar-refractivity contribution < 1.29 is 35.9 Å². The fourth-order valence-electron chi connectivity index (χ4n) is 13.2. The molecule has 0 atom stereocenters. The van der Waals surface area contributed by atoms with E-state index in [1.165, 1.54) is 138 Å². The van der Waals surface area contributed by atoms with Crippen LogP contribution in [0.4, 0.5) is 0 Å².